The van der Waals surface area contributed by atoms with Crippen molar-refractivity contribution in [2.45, 2.75) is 12.5 Å². The second-order valence-corrected chi connectivity index (χ2v) is 7.31. The lowest BCUT2D eigenvalue weighted by Gasteiger charge is -2.32. The van der Waals surface area contributed by atoms with Gasteiger partial charge in [0, 0.05) is 30.1 Å². The van der Waals surface area contributed by atoms with Gasteiger partial charge in [0.1, 0.15) is 29.0 Å². The zero-order valence-electron chi connectivity index (χ0n) is 16.0. The Hall–Kier alpha value is -4.01. The second kappa shape index (κ2) is 6.76. The average Bonchev–Trinajstić information content (AvgIpc) is 3.51. The summed E-state index contributed by atoms with van der Waals surface area (Å²) < 4.78 is 39.4. The van der Waals surface area contributed by atoms with Gasteiger partial charge in [-0.2, -0.15) is 0 Å². The van der Waals surface area contributed by atoms with Crippen molar-refractivity contribution in [1.82, 2.24) is 20.2 Å². The van der Waals surface area contributed by atoms with Crippen LogP contribution in [-0.2, 0) is 6.42 Å². The summed E-state index contributed by atoms with van der Waals surface area (Å²) in [6, 6.07) is 12.7. The summed E-state index contributed by atoms with van der Waals surface area (Å²) >= 11 is 0. The number of hydrogen-bond acceptors (Lipinski definition) is 6. The minimum Gasteiger partial charge on any atom is -0.458 e. The number of aromatic amines is 1. The number of H-pyrrole nitrogens is 1. The molecule has 5 aromatic rings. The predicted molar refractivity (Wildman–Crippen MR) is 107 cm³/mol. The van der Waals surface area contributed by atoms with Crippen molar-refractivity contribution in [3.8, 4) is 11.5 Å². The molecular formula is C22H15F2N5O2. The third-order valence-corrected chi connectivity index (χ3v) is 5.46. The first-order chi connectivity index (χ1) is 15.2. The Balaban J connectivity index is 1.44. The molecule has 0 radical (unpaired) electrons. The molecule has 0 spiro atoms. The maximum absolute atomic E-state index is 14.2. The fourth-order valence-corrected chi connectivity index (χ4v) is 4.01. The minimum atomic E-state index is -0.766. The summed E-state index contributed by atoms with van der Waals surface area (Å²) in [6.07, 6.45) is 2.34. The van der Waals surface area contributed by atoms with Gasteiger partial charge in [-0.25, -0.2) is 13.8 Å². The van der Waals surface area contributed by atoms with Crippen LogP contribution in [0.1, 0.15) is 23.2 Å². The summed E-state index contributed by atoms with van der Waals surface area (Å²) in [5.41, 5.74) is 2.61. The summed E-state index contributed by atoms with van der Waals surface area (Å²) in [7, 11) is 0. The van der Waals surface area contributed by atoms with E-state index in [1.807, 2.05) is 35.2 Å². The van der Waals surface area contributed by atoms with E-state index in [4.69, 9.17) is 8.83 Å². The number of benzene rings is 2. The number of rotatable bonds is 3. The predicted octanol–water partition coefficient (Wildman–Crippen LogP) is 4.64. The van der Waals surface area contributed by atoms with Crippen LogP contribution < -0.4 is 4.90 Å². The van der Waals surface area contributed by atoms with Crippen molar-refractivity contribution in [2.75, 3.05) is 11.4 Å². The minimum absolute atomic E-state index is 0.0244. The number of halogens is 2. The molecule has 0 aliphatic carbocycles. The standard InChI is InChI=1S/C22H15F2N5O2/c23-13-5-6-14(15(24)10-13)21-27-28-22(31-21)29-8-7-16-19(26-11-25-16)20(29)18-9-12-3-1-2-4-17(12)30-18/h1-6,9-11,20H,7-8H2,(H,25,26)/t20-/m1/s1. The highest BCUT2D eigenvalue weighted by Crippen LogP contribution is 2.39. The van der Waals surface area contributed by atoms with Gasteiger partial charge in [0.15, 0.2) is 0 Å². The zero-order valence-corrected chi connectivity index (χ0v) is 16.0. The molecule has 9 heteroatoms. The quantitative estimate of drug-likeness (QED) is 0.459. The Morgan fingerprint density at radius 2 is 1.94 bits per heavy atom. The summed E-state index contributed by atoms with van der Waals surface area (Å²) in [4.78, 5) is 9.56. The number of para-hydroxylation sites is 1. The van der Waals surface area contributed by atoms with E-state index in [-0.39, 0.29) is 17.5 Å². The van der Waals surface area contributed by atoms with Crippen LogP contribution in [0.4, 0.5) is 14.8 Å². The number of furan rings is 1. The van der Waals surface area contributed by atoms with E-state index in [1.165, 1.54) is 6.07 Å². The van der Waals surface area contributed by atoms with Gasteiger partial charge in [0.05, 0.1) is 17.6 Å². The topological polar surface area (TPSA) is 84.0 Å². The molecule has 1 atom stereocenters. The van der Waals surface area contributed by atoms with Crippen molar-refractivity contribution in [2.24, 2.45) is 0 Å². The molecule has 3 aromatic heterocycles. The van der Waals surface area contributed by atoms with Crippen molar-refractivity contribution < 1.29 is 17.6 Å². The normalized spacial score (nSPS) is 16.1. The number of imidazole rings is 1. The number of anilines is 1. The molecule has 4 heterocycles. The number of aromatic nitrogens is 4. The van der Waals surface area contributed by atoms with E-state index in [0.717, 1.165) is 34.5 Å². The fourth-order valence-electron chi connectivity index (χ4n) is 4.01. The number of fused-ring (bicyclic) bond motifs is 2. The van der Waals surface area contributed by atoms with Crippen LogP contribution in [0, 0.1) is 11.6 Å². The lowest BCUT2D eigenvalue weighted by Crippen LogP contribution is -2.36. The SMILES string of the molecule is Fc1ccc(-c2nnc(N3CCc4[nH]cnc4[C@H]3c3cc4ccccc4o3)o2)c(F)c1. The largest absolute Gasteiger partial charge is 0.458 e. The first kappa shape index (κ1) is 17.8. The highest BCUT2D eigenvalue weighted by Gasteiger charge is 2.36. The third kappa shape index (κ3) is 2.89. The molecule has 0 fully saturated rings. The molecule has 0 saturated carbocycles. The summed E-state index contributed by atoms with van der Waals surface area (Å²) in [6.45, 7) is 0.560. The van der Waals surface area contributed by atoms with Gasteiger partial charge >= 0.3 is 6.01 Å². The van der Waals surface area contributed by atoms with E-state index in [0.29, 0.717) is 18.7 Å². The molecule has 0 bridgehead atoms. The van der Waals surface area contributed by atoms with Crippen LogP contribution in [-0.4, -0.2) is 26.7 Å². The van der Waals surface area contributed by atoms with Crippen molar-refractivity contribution in [1.29, 1.82) is 0 Å². The van der Waals surface area contributed by atoms with E-state index in [9.17, 15) is 8.78 Å². The molecule has 2 aromatic carbocycles. The third-order valence-electron chi connectivity index (χ3n) is 5.46. The monoisotopic (exact) mass is 419 g/mol. The number of nitrogens with zero attached hydrogens (tertiary/aromatic N) is 4. The van der Waals surface area contributed by atoms with E-state index in [1.54, 1.807) is 6.33 Å². The Morgan fingerprint density at radius 1 is 1.03 bits per heavy atom. The molecule has 1 aliphatic rings. The Morgan fingerprint density at radius 3 is 2.81 bits per heavy atom. The van der Waals surface area contributed by atoms with Crippen LogP contribution in [0.15, 0.2) is 63.7 Å². The van der Waals surface area contributed by atoms with Crippen molar-refractivity contribution in [3.05, 3.63) is 83.6 Å². The molecule has 0 unspecified atom stereocenters. The molecule has 0 saturated heterocycles. The van der Waals surface area contributed by atoms with E-state index >= 15 is 0 Å². The molecular weight excluding hydrogens is 404 g/mol. The Bertz CT molecular complexity index is 1370. The van der Waals surface area contributed by atoms with Gasteiger partial charge in [-0.3, -0.25) is 0 Å². The Labute approximate surface area is 174 Å². The highest BCUT2D eigenvalue weighted by atomic mass is 19.1. The van der Waals surface area contributed by atoms with Crippen LogP contribution in [0.25, 0.3) is 22.4 Å². The van der Waals surface area contributed by atoms with Crippen LogP contribution in [0.2, 0.25) is 0 Å². The first-order valence-corrected chi connectivity index (χ1v) is 9.73. The van der Waals surface area contributed by atoms with Gasteiger partial charge in [-0.1, -0.05) is 23.3 Å². The highest BCUT2D eigenvalue weighted by molar-refractivity contribution is 5.78. The smallest absolute Gasteiger partial charge is 0.319 e. The lowest BCUT2D eigenvalue weighted by molar-refractivity contribution is 0.452. The van der Waals surface area contributed by atoms with Crippen molar-refractivity contribution in [3.63, 3.8) is 0 Å². The molecule has 1 aliphatic heterocycles. The zero-order chi connectivity index (χ0) is 20.9. The Kier molecular flexibility index (Phi) is 3.89. The van der Waals surface area contributed by atoms with Crippen LogP contribution >= 0.6 is 0 Å². The lowest BCUT2D eigenvalue weighted by atomic mass is 10.0. The molecule has 31 heavy (non-hydrogen) atoms. The van der Waals surface area contributed by atoms with Crippen LogP contribution in [0.3, 0.4) is 0 Å². The molecule has 0 amide bonds. The van der Waals surface area contributed by atoms with Gasteiger partial charge < -0.3 is 18.7 Å². The fraction of sp³-hybridized carbons (Fsp3) is 0.136. The second-order valence-electron chi connectivity index (χ2n) is 7.31. The van der Waals surface area contributed by atoms with Gasteiger partial charge in [-0.05, 0) is 24.3 Å². The number of hydrogen-bond donors (Lipinski definition) is 1. The van der Waals surface area contributed by atoms with Crippen LogP contribution in [0.5, 0.6) is 0 Å². The molecule has 6 rings (SSSR count). The maximum atomic E-state index is 14.2. The van der Waals surface area contributed by atoms with E-state index < -0.39 is 17.7 Å². The van der Waals surface area contributed by atoms with Crippen molar-refractivity contribution >= 4 is 17.0 Å². The first-order valence-electron chi connectivity index (χ1n) is 9.73. The van der Waals surface area contributed by atoms with E-state index in [2.05, 4.69) is 20.2 Å². The van der Waals surface area contributed by atoms with Gasteiger partial charge in [-0.15, -0.1) is 5.10 Å². The van der Waals surface area contributed by atoms with Gasteiger partial charge in [0.2, 0.25) is 0 Å². The summed E-state index contributed by atoms with van der Waals surface area (Å²) in [5, 5.41) is 9.09. The van der Waals surface area contributed by atoms with Gasteiger partial charge in [0.25, 0.3) is 5.89 Å². The molecule has 1 N–H and O–H groups in total. The molecule has 7 nitrogen and oxygen atoms in total. The average molecular weight is 419 g/mol. The number of nitrogens with one attached hydrogen (secondary N) is 1. The molecule has 154 valence electrons. The maximum Gasteiger partial charge on any atom is 0.319 e. The summed E-state index contributed by atoms with van der Waals surface area (Å²) in [5.74, 6) is -0.782.